The lowest BCUT2D eigenvalue weighted by atomic mass is 10.0. The van der Waals surface area contributed by atoms with Crippen LogP contribution in [-0.2, 0) is 6.54 Å². The summed E-state index contributed by atoms with van der Waals surface area (Å²) in [6, 6.07) is 7.52. The minimum Gasteiger partial charge on any atom is -0.494 e. The Labute approximate surface area is 117 Å². The van der Waals surface area contributed by atoms with Crippen molar-refractivity contribution in [1.82, 2.24) is 4.57 Å². The first-order valence-corrected chi connectivity index (χ1v) is 6.52. The lowest BCUT2D eigenvalue weighted by molar-refractivity contribution is 0.0681. The van der Waals surface area contributed by atoms with Crippen molar-refractivity contribution < 1.29 is 14.6 Å². The topological polar surface area (TPSA) is 77.5 Å². The van der Waals surface area contributed by atoms with E-state index in [4.69, 9.17) is 10.5 Å². The van der Waals surface area contributed by atoms with Crippen molar-refractivity contribution in [3.63, 3.8) is 0 Å². The standard InChI is InChI=1S/C15H20N2O3/c1-15(2,16)8-9-17-11-7-5-4-6-10(11)13(20-3)12(17)14(18)19/h4-7H,8-9,16H2,1-3H3,(H,18,19). The Morgan fingerprint density at radius 2 is 2.05 bits per heavy atom. The van der Waals surface area contributed by atoms with Gasteiger partial charge in [0.1, 0.15) is 0 Å². The molecule has 0 bridgehead atoms. The maximum Gasteiger partial charge on any atom is 0.356 e. The second-order valence-corrected chi connectivity index (χ2v) is 5.59. The molecule has 20 heavy (non-hydrogen) atoms. The van der Waals surface area contributed by atoms with Crippen LogP contribution in [0.3, 0.4) is 0 Å². The van der Waals surface area contributed by atoms with Crippen LogP contribution in [0.15, 0.2) is 24.3 Å². The number of carboxylic acid groups (broad SMARTS) is 1. The maximum absolute atomic E-state index is 11.6. The van der Waals surface area contributed by atoms with Crippen molar-refractivity contribution in [2.75, 3.05) is 7.11 Å². The lowest BCUT2D eigenvalue weighted by Gasteiger charge is -2.19. The summed E-state index contributed by atoms with van der Waals surface area (Å²) in [5.41, 5.74) is 6.68. The molecule has 0 fully saturated rings. The van der Waals surface area contributed by atoms with Crippen LogP contribution in [-0.4, -0.2) is 28.3 Å². The summed E-state index contributed by atoms with van der Waals surface area (Å²) < 4.78 is 7.07. The molecule has 0 atom stereocenters. The third-order valence-electron chi connectivity index (χ3n) is 3.31. The van der Waals surface area contributed by atoms with E-state index >= 15 is 0 Å². The van der Waals surface area contributed by atoms with E-state index in [9.17, 15) is 9.90 Å². The van der Waals surface area contributed by atoms with Crippen LogP contribution in [0.4, 0.5) is 0 Å². The van der Waals surface area contributed by atoms with Crippen molar-refractivity contribution in [3.8, 4) is 5.75 Å². The predicted molar refractivity (Wildman–Crippen MR) is 78.3 cm³/mol. The molecule has 0 saturated carbocycles. The van der Waals surface area contributed by atoms with Gasteiger partial charge < -0.3 is 20.1 Å². The zero-order chi connectivity index (χ0) is 14.9. The van der Waals surface area contributed by atoms with Crippen LogP contribution in [0.25, 0.3) is 10.9 Å². The molecule has 2 aromatic rings. The molecule has 108 valence electrons. The summed E-state index contributed by atoms with van der Waals surface area (Å²) in [5.74, 6) is -0.587. The van der Waals surface area contributed by atoms with Gasteiger partial charge in [-0.05, 0) is 32.4 Å². The Hall–Kier alpha value is -2.01. The van der Waals surface area contributed by atoms with E-state index in [2.05, 4.69) is 0 Å². The van der Waals surface area contributed by atoms with Gasteiger partial charge >= 0.3 is 5.97 Å². The van der Waals surface area contributed by atoms with Gasteiger partial charge in [0.25, 0.3) is 0 Å². The van der Waals surface area contributed by atoms with E-state index in [0.717, 1.165) is 10.9 Å². The number of para-hydroxylation sites is 1. The molecular weight excluding hydrogens is 256 g/mol. The zero-order valence-electron chi connectivity index (χ0n) is 12.0. The van der Waals surface area contributed by atoms with Crippen molar-refractivity contribution >= 4 is 16.9 Å². The number of aryl methyl sites for hydroxylation is 1. The Balaban J connectivity index is 2.61. The summed E-state index contributed by atoms with van der Waals surface area (Å²) in [6.07, 6.45) is 0.676. The van der Waals surface area contributed by atoms with Crippen molar-refractivity contribution in [2.24, 2.45) is 5.73 Å². The predicted octanol–water partition coefficient (Wildman–Crippen LogP) is 2.48. The van der Waals surface area contributed by atoms with Crippen LogP contribution >= 0.6 is 0 Å². The summed E-state index contributed by atoms with van der Waals surface area (Å²) in [4.78, 5) is 11.6. The Kier molecular flexibility index (Phi) is 3.72. The summed E-state index contributed by atoms with van der Waals surface area (Å²) >= 11 is 0. The number of aromatic nitrogens is 1. The third-order valence-corrected chi connectivity index (χ3v) is 3.31. The van der Waals surface area contributed by atoms with Gasteiger partial charge in [0, 0.05) is 17.5 Å². The molecule has 1 aromatic heterocycles. The third kappa shape index (κ3) is 2.63. The summed E-state index contributed by atoms with van der Waals surface area (Å²) in [6.45, 7) is 4.39. The number of fused-ring (bicyclic) bond motifs is 1. The molecule has 1 aromatic carbocycles. The van der Waals surface area contributed by atoms with Gasteiger partial charge in [-0.2, -0.15) is 0 Å². The van der Waals surface area contributed by atoms with Crippen molar-refractivity contribution in [1.29, 1.82) is 0 Å². The normalized spacial score (nSPS) is 11.8. The van der Waals surface area contributed by atoms with Gasteiger partial charge in [0.2, 0.25) is 0 Å². The first-order chi connectivity index (χ1) is 9.35. The smallest absolute Gasteiger partial charge is 0.356 e. The fraction of sp³-hybridized carbons (Fsp3) is 0.400. The fourth-order valence-corrected chi connectivity index (χ4v) is 2.32. The highest BCUT2D eigenvalue weighted by molar-refractivity contribution is 6.01. The summed E-state index contributed by atoms with van der Waals surface area (Å²) in [7, 11) is 1.49. The van der Waals surface area contributed by atoms with Crippen molar-refractivity contribution in [2.45, 2.75) is 32.4 Å². The van der Waals surface area contributed by atoms with Gasteiger partial charge in [0.15, 0.2) is 11.4 Å². The maximum atomic E-state index is 11.6. The number of hydrogen-bond acceptors (Lipinski definition) is 3. The number of ether oxygens (including phenoxy) is 1. The number of methoxy groups -OCH3 is 1. The second-order valence-electron chi connectivity index (χ2n) is 5.59. The van der Waals surface area contributed by atoms with E-state index in [1.807, 2.05) is 38.1 Å². The van der Waals surface area contributed by atoms with Gasteiger partial charge in [-0.15, -0.1) is 0 Å². The number of nitrogens with zero attached hydrogens (tertiary/aromatic N) is 1. The number of hydrogen-bond donors (Lipinski definition) is 2. The molecule has 0 aliphatic rings. The highest BCUT2D eigenvalue weighted by atomic mass is 16.5. The minimum atomic E-state index is -0.993. The Morgan fingerprint density at radius 3 is 2.60 bits per heavy atom. The van der Waals surface area contributed by atoms with Crippen LogP contribution in [0.5, 0.6) is 5.75 Å². The number of benzene rings is 1. The molecule has 0 unspecified atom stereocenters. The number of aromatic carboxylic acids is 1. The molecule has 0 aliphatic carbocycles. The molecule has 1 heterocycles. The van der Waals surface area contributed by atoms with E-state index in [1.54, 1.807) is 4.57 Å². The molecular formula is C15H20N2O3. The Bertz CT molecular complexity index is 638. The fourth-order valence-electron chi connectivity index (χ4n) is 2.32. The monoisotopic (exact) mass is 276 g/mol. The molecule has 0 aliphatic heterocycles. The molecule has 5 nitrogen and oxygen atoms in total. The largest absolute Gasteiger partial charge is 0.494 e. The van der Waals surface area contributed by atoms with Crippen molar-refractivity contribution in [3.05, 3.63) is 30.0 Å². The first kappa shape index (κ1) is 14.4. The molecule has 0 spiro atoms. The minimum absolute atomic E-state index is 0.179. The molecule has 5 heteroatoms. The Morgan fingerprint density at radius 1 is 1.40 bits per heavy atom. The average molecular weight is 276 g/mol. The second kappa shape index (κ2) is 5.17. The quantitative estimate of drug-likeness (QED) is 0.879. The van der Waals surface area contributed by atoms with Gasteiger partial charge in [-0.1, -0.05) is 12.1 Å². The molecule has 0 saturated heterocycles. The van der Waals surface area contributed by atoms with Crippen LogP contribution in [0.2, 0.25) is 0 Å². The highest BCUT2D eigenvalue weighted by Gasteiger charge is 2.24. The number of rotatable bonds is 5. The van der Waals surface area contributed by atoms with E-state index in [1.165, 1.54) is 7.11 Å². The van der Waals surface area contributed by atoms with Gasteiger partial charge in [-0.25, -0.2) is 4.79 Å². The molecule has 3 N–H and O–H groups in total. The summed E-state index contributed by atoms with van der Waals surface area (Å²) in [5, 5.41) is 10.3. The van der Waals surface area contributed by atoms with E-state index in [-0.39, 0.29) is 11.2 Å². The SMILES string of the molecule is COc1c(C(=O)O)n(CCC(C)(C)N)c2ccccc12. The molecule has 2 rings (SSSR count). The lowest BCUT2D eigenvalue weighted by Crippen LogP contribution is -2.33. The van der Waals surface area contributed by atoms with Crippen LogP contribution in [0.1, 0.15) is 30.8 Å². The number of carbonyl (C=O) groups is 1. The number of carboxylic acids is 1. The average Bonchev–Trinajstić information content (AvgIpc) is 2.69. The van der Waals surface area contributed by atoms with Crippen LogP contribution < -0.4 is 10.5 Å². The zero-order valence-corrected chi connectivity index (χ0v) is 12.0. The molecule has 0 radical (unpaired) electrons. The van der Waals surface area contributed by atoms with Crippen LogP contribution in [0, 0.1) is 0 Å². The highest BCUT2D eigenvalue weighted by Crippen LogP contribution is 2.33. The van der Waals surface area contributed by atoms with Gasteiger partial charge in [-0.3, -0.25) is 0 Å². The van der Waals surface area contributed by atoms with Gasteiger partial charge in [0.05, 0.1) is 12.6 Å². The number of nitrogens with two attached hydrogens (primary N) is 1. The molecule has 0 amide bonds. The van der Waals surface area contributed by atoms with E-state index < -0.39 is 5.97 Å². The van der Waals surface area contributed by atoms with E-state index in [0.29, 0.717) is 18.7 Å². The first-order valence-electron chi connectivity index (χ1n) is 6.52.